The van der Waals surface area contributed by atoms with Gasteiger partial charge < -0.3 is 18.6 Å². The molecule has 2 aromatic carbocycles. The molecular weight excluding hydrogens is 400 g/mol. The topological polar surface area (TPSA) is 92.0 Å². The summed E-state index contributed by atoms with van der Waals surface area (Å²) in [6.07, 6.45) is 0.508. The van der Waals surface area contributed by atoms with Gasteiger partial charge in [0, 0.05) is 23.9 Å². The molecule has 0 aliphatic heterocycles. The van der Waals surface area contributed by atoms with Crippen LogP contribution in [0.25, 0.3) is 11.0 Å². The van der Waals surface area contributed by atoms with Crippen molar-refractivity contribution in [3.63, 3.8) is 0 Å². The Balaban J connectivity index is 1.87. The van der Waals surface area contributed by atoms with Gasteiger partial charge in [0.15, 0.2) is 0 Å². The summed E-state index contributed by atoms with van der Waals surface area (Å²) in [6, 6.07) is 11.8. The van der Waals surface area contributed by atoms with Gasteiger partial charge in [0.05, 0.1) is 20.1 Å². The lowest BCUT2D eigenvalue weighted by Crippen LogP contribution is -2.13. The molecule has 7 nitrogen and oxygen atoms in total. The molecule has 0 spiro atoms. The minimum Gasteiger partial charge on any atom is -0.497 e. The monoisotopic (exact) mass is 424 g/mol. The van der Waals surface area contributed by atoms with E-state index in [-0.39, 0.29) is 24.6 Å². The summed E-state index contributed by atoms with van der Waals surface area (Å²) in [5, 5.41) is 0.716. The minimum absolute atomic E-state index is 0.0527. The fourth-order valence-electron chi connectivity index (χ4n) is 3.22. The zero-order chi connectivity index (χ0) is 22.4. The highest BCUT2D eigenvalue weighted by Crippen LogP contribution is 2.29. The van der Waals surface area contributed by atoms with E-state index in [1.807, 2.05) is 0 Å². The van der Waals surface area contributed by atoms with Gasteiger partial charge in [-0.05, 0) is 55.2 Å². The quantitative estimate of drug-likeness (QED) is 0.309. The number of hydrogen-bond acceptors (Lipinski definition) is 7. The fraction of sp³-hybridized carbons (Fsp3) is 0.292. The van der Waals surface area contributed by atoms with Crippen LogP contribution in [0.5, 0.6) is 11.5 Å². The summed E-state index contributed by atoms with van der Waals surface area (Å²) in [5.41, 5.74) is 1.99. The minimum atomic E-state index is -0.486. The molecule has 0 amide bonds. The molecule has 0 N–H and O–H groups in total. The van der Waals surface area contributed by atoms with Crippen LogP contribution in [0.3, 0.4) is 0 Å². The zero-order valence-electron chi connectivity index (χ0n) is 17.7. The summed E-state index contributed by atoms with van der Waals surface area (Å²) >= 11 is 0. The first-order valence-corrected chi connectivity index (χ1v) is 9.96. The van der Waals surface area contributed by atoms with Gasteiger partial charge in [-0.2, -0.15) is 0 Å². The van der Waals surface area contributed by atoms with Crippen LogP contribution < -0.4 is 15.1 Å². The van der Waals surface area contributed by atoms with Crippen LogP contribution in [-0.2, 0) is 27.2 Å². The molecule has 0 aliphatic rings. The molecule has 0 saturated heterocycles. The van der Waals surface area contributed by atoms with Crippen molar-refractivity contribution in [2.24, 2.45) is 0 Å². The van der Waals surface area contributed by atoms with Crippen molar-refractivity contribution >= 4 is 22.9 Å². The van der Waals surface area contributed by atoms with Crippen molar-refractivity contribution in [1.82, 2.24) is 0 Å². The summed E-state index contributed by atoms with van der Waals surface area (Å²) in [4.78, 5) is 36.1. The van der Waals surface area contributed by atoms with Gasteiger partial charge in [0.2, 0.25) is 0 Å². The first-order chi connectivity index (χ1) is 14.9. The van der Waals surface area contributed by atoms with Gasteiger partial charge in [-0.1, -0.05) is 12.1 Å². The number of hydrogen-bond donors (Lipinski definition) is 0. The van der Waals surface area contributed by atoms with Crippen LogP contribution in [0.15, 0.2) is 51.7 Å². The Morgan fingerprint density at radius 2 is 1.77 bits per heavy atom. The van der Waals surface area contributed by atoms with Crippen molar-refractivity contribution in [2.45, 2.75) is 33.1 Å². The highest BCUT2D eigenvalue weighted by atomic mass is 16.5. The number of benzene rings is 2. The average Bonchev–Trinajstić information content (AvgIpc) is 2.73. The summed E-state index contributed by atoms with van der Waals surface area (Å²) in [7, 11) is 1.57. The number of methoxy groups -OCH3 is 1. The second kappa shape index (κ2) is 9.93. The Morgan fingerprint density at radius 1 is 1.03 bits per heavy atom. The number of fused-ring (bicyclic) bond motifs is 1. The van der Waals surface area contributed by atoms with Crippen LogP contribution in [0.4, 0.5) is 0 Å². The Morgan fingerprint density at radius 3 is 2.45 bits per heavy atom. The van der Waals surface area contributed by atoms with E-state index in [0.717, 1.165) is 11.1 Å². The lowest BCUT2D eigenvalue weighted by Gasteiger charge is -2.12. The van der Waals surface area contributed by atoms with Crippen LogP contribution >= 0.6 is 0 Å². The molecule has 7 heteroatoms. The average molecular weight is 424 g/mol. The van der Waals surface area contributed by atoms with Gasteiger partial charge >= 0.3 is 17.6 Å². The van der Waals surface area contributed by atoms with Crippen LogP contribution in [0, 0.1) is 6.92 Å². The van der Waals surface area contributed by atoms with Crippen molar-refractivity contribution in [3.05, 3.63) is 69.6 Å². The zero-order valence-corrected chi connectivity index (χ0v) is 17.7. The Labute approximate surface area is 179 Å². The van der Waals surface area contributed by atoms with Crippen molar-refractivity contribution in [1.29, 1.82) is 0 Å². The highest BCUT2D eigenvalue weighted by molar-refractivity contribution is 5.84. The van der Waals surface area contributed by atoms with E-state index in [0.29, 0.717) is 35.3 Å². The molecule has 0 aliphatic carbocycles. The molecule has 1 heterocycles. The number of carbonyl (C=O) groups excluding carboxylic acids is 2. The number of esters is 2. The van der Waals surface area contributed by atoms with E-state index in [1.165, 1.54) is 12.1 Å². The number of aryl methyl sites for hydroxylation is 2. The molecule has 0 radical (unpaired) electrons. The Kier molecular flexibility index (Phi) is 7.07. The molecular formula is C24H24O7. The predicted octanol–water partition coefficient (Wildman–Crippen LogP) is 3.75. The third-order valence-corrected chi connectivity index (χ3v) is 4.77. The van der Waals surface area contributed by atoms with E-state index in [9.17, 15) is 14.4 Å². The van der Waals surface area contributed by atoms with Crippen molar-refractivity contribution in [2.75, 3.05) is 13.7 Å². The Hall–Kier alpha value is -3.61. The maximum Gasteiger partial charge on any atom is 0.336 e. The lowest BCUT2D eigenvalue weighted by molar-refractivity contribution is -0.143. The molecule has 31 heavy (non-hydrogen) atoms. The predicted molar refractivity (Wildman–Crippen MR) is 115 cm³/mol. The summed E-state index contributed by atoms with van der Waals surface area (Å²) in [6.45, 7) is 3.83. The second-order valence-corrected chi connectivity index (χ2v) is 7.01. The van der Waals surface area contributed by atoms with E-state index >= 15 is 0 Å². The summed E-state index contributed by atoms with van der Waals surface area (Å²) < 4.78 is 21.0. The van der Waals surface area contributed by atoms with Crippen molar-refractivity contribution < 1.29 is 28.2 Å². The first kappa shape index (κ1) is 22.1. The number of carbonyl (C=O) groups is 2. The molecule has 0 saturated carbocycles. The fourth-order valence-corrected chi connectivity index (χ4v) is 3.22. The van der Waals surface area contributed by atoms with Gasteiger partial charge in [0.1, 0.15) is 17.1 Å². The third kappa shape index (κ3) is 5.72. The molecule has 3 aromatic rings. The lowest BCUT2D eigenvalue weighted by atomic mass is 10.0. The molecule has 0 atom stereocenters. The van der Waals surface area contributed by atoms with E-state index in [1.54, 1.807) is 51.3 Å². The number of rotatable bonds is 8. The standard InChI is InChI=1S/C24H24O7/c1-4-29-22(25)10-7-17-13-19-15(2)11-23(26)31-21(19)14-20(17)30-24(27)12-16-5-8-18(28-3)9-6-16/h5-6,8-9,11,13-14H,4,7,10,12H2,1-3H3. The van der Waals surface area contributed by atoms with Gasteiger partial charge in [0.25, 0.3) is 0 Å². The molecule has 162 valence electrons. The Bertz CT molecular complexity index is 1140. The van der Waals surface area contributed by atoms with Gasteiger partial charge in [-0.25, -0.2) is 4.79 Å². The first-order valence-electron chi connectivity index (χ1n) is 9.96. The van der Waals surface area contributed by atoms with Gasteiger partial charge in [-0.3, -0.25) is 9.59 Å². The van der Waals surface area contributed by atoms with Crippen LogP contribution in [0.2, 0.25) is 0 Å². The molecule has 0 bridgehead atoms. The van der Waals surface area contributed by atoms with Crippen molar-refractivity contribution in [3.8, 4) is 11.5 Å². The SMILES string of the molecule is CCOC(=O)CCc1cc2c(C)cc(=O)oc2cc1OC(=O)Cc1ccc(OC)cc1. The van der Waals surface area contributed by atoms with E-state index in [2.05, 4.69) is 0 Å². The van der Waals surface area contributed by atoms with Crippen LogP contribution in [0.1, 0.15) is 30.0 Å². The number of ether oxygens (including phenoxy) is 3. The van der Waals surface area contributed by atoms with E-state index in [4.69, 9.17) is 18.6 Å². The molecule has 3 rings (SSSR count). The molecule has 0 fully saturated rings. The largest absolute Gasteiger partial charge is 0.497 e. The van der Waals surface area contributed by atoms with Gasteiger partial charge in [-0.15, -0.1) is 0 Å². The summed E-state index contributed by atoms with van der Waals surface area (Å²) in [5.74, 6) is 0.133. The maximum atomic E-state index is 12.6. The van der Waals surface area contributed by atoms with E-state index < -0.39 is 11.6 Å². The maximum absolute atomic E-state index is 12.6. The van der Waals surface area contributed by atoms with Crippen LogP contribution in [-0.4, -0.2) is 25.7 Å². The normalized spacial score (nSPS) is 10.7. The second-order valence-electron chi connectivity index (χ2n) is 7.01. The smallest absolute Gasteiger partial charge is 0.336 e. The molecule has 0 unspecified atom stereocenters. The highest BCUT2D eigenvalue weighted by Gasteiger charge is 2.16. The molecule has 1 aromatic heterocycles. The third-order valence-electron chi connectivity index (χ3n) is 4.77.